The van der Waals surface area contributed by atoms with Crippen LogP contribution in [0.3, 0.4) is 0 Å². The first-order valence-electron chi connectivity index (χ1n) is 8.09. The molecule has 3 N–H and O–H groups in total. The highest BCUT2D eigenvalue weighted by molar-refractivity contribution is 8.93. The zero-order valence-electron chi connectivity index (χ0n) is 14.1. The van der Waals surface area contributed by atoms with E-state index in [4.69, 9.17) is 22.1 Å². The predicted molar refractivity (Wildman–Crippen MR) is 109 cm³/mol. The third-order valence-electron chi connectivity index (χ3n) is 4.44. The van der Waals surface area contributed by atoms with Gasteiger partial charge in [0.05, 0.1) is 13.7 Å². The van der Waals surface area contributed by atoms with Gasteiger partial charge in [0.1, 0.15) is 5.75 Å². The molecule has 25 heavy (non-hydrogen) atoms. The Morgan fingerprint density at radius 3 is 2.56 bits per heavy atom. The average Bonchev–Trinajstić information content (AvgIpc) is 2.57. The van der Waals surface area contributed by atoms with Crippen molar-refractivity contribution in [1.82, 2.24) is 5.32 Å². The second-order valence-corrected chi connectivity index (χ2v) is 6.51. The standard InChI is InChI=1S/C19H22ClN3O.BrH/c1-24-18-5-3-2-4-14(18)12-22-19(21)23-17-10-15(11-17)13-6-8-16(20)9-7-13;/h2-9,15,17H,10-12H2,1H3,(H3,21,22,23);1H. The number of para-hydroxylation sites is 1. The first-order valence-corrected chi connectivity index (χ1v) is 8.47. The van der Waals surface area contributed by atoms with E-state index >= 15 is 0 Å². The Balaban J connectivity index is 0.00000225. The monoisotopic (exact) mass is 423 g/mol. The molecule has 1 saturated carbocycles. The van der Waals surface area contributed by atoms with Crippen molar-refractivity contribution in [2.24, 2.45) is 10.7 Å². The van der Waals surface area contributed by atoms with E-state index in [0.717, 1.165) is 29.2 Å². The Morgan fingerprint density at radius 2 is 1.88 bits per heavy atom. The highest BCUT2D eigenvalue weighted by Crippen LogP contribution is 2.37. The van der Waals surface area contributed by atoms with Crippen LogP contribution in [0.15, 0.2) is 53.5 Å². The van der Waals surface area contributed by atoms with E-state index in [2.05, 4.69) is 22.4 Å². The van der Waals surface area contributed by atoms with Crippen molar-refractivity contribution in [2.75, 3.05) is 7.11 Å². The maximum Gasteiger partial charge on any atom is 0.189 e. The second kappa shape index (κ2) is 9.11. The third-order valence-corrected chi connectivity index (χ3v) is 4.70. The van der Waals surface area contributed by atoms with Crippen molar-refractivity contribution in [3.8, 4) is 5.75 Å². The lowest BCUT2D eigenvalue weighted by Gasteiger charge is -2.36. The second-order valence-electron chi connectivity index (χ2n) is 6.07. The molecule has 134 valence electrons. The van der Waals surface area contributed by atoms with Gasteiger partial charge in [0.25, 0.3) is 0 Å². The van der Waals surface area contributed by atoms with Crippen molar-refractivity contribution in [2.45, 2.75) is 31.3 Å². The van der Waals surface area contributed by atoms with Gasteiger partial charge in [0.2, 0.25) is 0 Å². The lowest BCUT2D eigenvalue weighted by atomic mass is 9.76. The van der Waals surface area contributed by atoms with Crippen LogP contribution < -0.4 is 15.8 Å². The number of ether oxygens (including phenoxy) is 1. The lowest BCUT2D eigenvalue weighted by molar-refractivity contribution is 0.323. The van der Waals surface area contributed by atoms with Crippen molar-refractivity contribution in [3.05, 3.63) is 64.7 Å². The summed E-state index contributed by atoms with van der Waals surface area (Å²) >= 11 is 5.93. The van der Waals surface area contributed by atoms with Crippen LogP contribution in [0.2, 0.25) is 5.02 Å². The molecule has 0 aromatic heterocycles. The lowest BCUT2D eigenvalue weighted by Crippen LogP contribution is -2.46. The van der Waals surface area contributed by atoms with Gasteiger partial charge in [-0.2, -0.15) is 0 Å². The molecule has 0 aliphatic heterocycles. The molecule has 1 aliphatic rings. The van der Waals surface area contributed by atoms with Crippen molar-refractivity contribution >= 4 is 34.5 Å². The molecule has 4 nitrogen and oxygen atoms in total. The number of guanidine groups is 1. The number of methoxy groups -OCH3 is 1. The first kappa shape index (κ1) is 19.6. The molecule has 0 saturated heterocycles. The van der Waals surface area contributed by atoms with Gasteiger partial charge in [0, 0.05) is 16.6 Å². The molecule has 0 heterocycles. The number of aliphatic imine (C=N–C) groups is 1. The minimum Gasteiger partial charge on any atom is -0.496 e. The fourth-order valence-corrected chi connectivity index (χ4v) is 3.13. The van der Waals surface area contributed by atoms with Gasteiger partial charge >= 0.3 is 0 Å². The molecule has 0 spiro atoms. The molecule has 1 aliphatic carbocycles. The Bertz CT molecular complexity index is 715. The number of nitrogens with zero attached hydrogens (tertiary/aromatic N) is 1. The third kappa shape index (κ3) is 5.13. The summed E-state index contributed by atoms with van der Waals surface area (Å²) in [6.07, 6.45) is 2.12. The van der Waals surface area contributed by atoms with Crippen molar-refractivity contribution < 1.29 is 4.74 Å². The van der Waals surface area contributed by atoms with E-state index < -0.39 is 0 Å². The van der Waals surface area contributed by atoms with Gasteiger partial charge in [0.15, 0.2) is 5.96 Å². The van der Waals surface area contributed by atoms with E-state index in [1.807, 2.05) is 36.4 Å². The highest BCUT2D eigenvalue weighted by atomic mass is 79.9. The van der Waals surface area contributed by atoms with Crippen LogP contribution in [0.4, 0.5) is 0 Å². The van der Waals surface area contributed by atoms with Gasteiger partial charge in [-0.1, -0.05) is 41.9 Å². The molecular formula is C19H23BrClN3O. The predicted octanol–water partition coefficient (Wildman–Crippen LogP) is 4.28. The van der Waals surface area contributed by atoms with E-state index in [0.29, 0.717) is 24.5 Å². The van der Waals surface area contributed by atoms with Crippen molar-refractivity contribution in [3.63, 3.8) is 0 Å². The first-order chi connectivity index (χ1) is 11.7. The topological polar surface area (TPSA) is 59.6 Å². The molecule has 0 radical (unpaired) electrons. The number of nitrogens with two attached hydrogens (primary N) is 1. The minimum absolute atomic E-state index is 0. The number of benzene rings is 2. The van der Waals surface area contributed by atoms with Crippen LogP contribution in [0, 0.1) is 0 Å². The largest absolute Gasteiger partial charge is 0.496 e. The highest BCUT2D eigenvalue weighted by Gasteiger charge is 2.30. The summed E-state index contributed by atoms with van der Waals surface area (Å²) in [7, 11) is 1.66. The van der Waals surface area contributed by atoms with Crippen LogP contribution in [0.25, 0.3) is 0 Å². The molecule has 0 amide bonds. The minimum atomic E-state index is 0. The number of rotatable bonds is 5. The van der Waals surface area contributed by atoms with Crippen LogP contribution >= 0.6 is 28.6 Å². The molecule has 3 rings (SSSR count). The fraction of sp³-hybridized carbons (Fsp3) is 0.316. The molecule has 0 atom stereocenters. The Hall–Kier alpha value is -1.72. The summed E-state index contributed by atoms with van der Waals surface area (Å²) < 4.78 is 5.32. The van der Waals surface area contributed by atoms with E-state index in [-0.39, 0.29) is 17.0 Å². The van der Waals surface area contributed by atoms with Crippen molar-refractivity contribution in [1.29, 1.82) is 0 Å². The summed E-state index contributed by atoms with van der Waals surface area (Å²) in [6, 6.07) is 16.3. The van der Waals surface area contributed by atoms with Crippen LogP contribution in [0.1, 0.15) is 29.9 Å². The fourth-order valence-electron chi connectivity index (χ4n) is 3.00. The molecule has 2 aromatic rings. The average molecular weight is 425 g/mol. The van der Waals surface area contributed by atoms with E-state index in [1.54, 1.807) is 7.11 Å². The van der Waals surface area contributed by atoms with E-state index in [9.17, 15) is 0 Å². The molecule has 6 heteroatoms. The number of halogens is 2. The molecule has 1 fully saturated rings. The SMILES string of the molecule is Br.COc1ccccc1CN=C(N)NC1CC(c2ccc(Cl)cc2)C1. The zero-order valence-corrected chi connectivity index (χ0v) is 16.6. The number of nitrogens with one attached hydrogen (secondary N) is 1. The maximum atomic E-state index is 6.01. The van der Waals surface area contributed by atoms with Gasteiger partial charge in [-0.05, 0) is 42.5 Å². The van der Waals surface area contributed by atoms with Gasteiger partial charge in [-0.25, -0.2) is 4.99 Å². The Labute approximate surface area is 164 Å². The smallest absolute Gasteiger partial charge is 0.189 e. The molecule has 2 aromatic carbocycles. The molecule has 0 bridgehead atoms. The van der Waals surface area contributed by atoms with Crippen LogP contribution in [-0.4, -0.2) is 19.1 Å². The van der Waals surface area contributed by atoms with Gasteiger partial charge in [-0.15, -0.1) is 17.0 Å². The molecule has 0 unspecified atom stereocenters. The van der Waals surface area contributed by atoms with Gasteiger partial charge < -0.3 is 15.8 Å². The van der Waals surface area contributed by atoms with Crippen LogP contribution in [0.5, 0.6) is 5.75 Å². The maximum absolute atomic E-state index is 6.01. The summed E-state index contributed by atoms with van der Waals surface area (Å²) in [4.78, 5) is 4.42. The zero-order chi connectivity index (χ0) is 16.9. The van der Waals surface area contributed by atoms with Gasteiger partial charge in [-0.3, -0.25) is 0 Å². The number of hydrogen-bond acceptors (Lipinski definition) is 2. The molecular weight excluding hydrogens is 402 g/mol. The number of hydrogen-bond donors (Lipinski definition) is 2. The summed E-state index contributed by atoms with van der Waals surface area (Å²) in [5.74, 6) is 1.89. The summed E-state index contributed by atoms with van der Waals surface area (Å²) in [6.45, 7) is 0.510. The van der Waals surface area contributed by atoms with E-state index in [1.165, 1.54) is 5.56 Å². The normalized spacial score (nSPS) is 19.5. The Morgan fingerprint density at radius 1 is 1.20 bits per heavy atom. The Kier molecular flexibility index (Phi) is 7.14. The summed E-state index contributed by atoms with van der Waals surface area (Å²) in [5, 5.41) is 4.07. The van der Waals surface area contributed by atoms with Crippen LogP contribution in [-0.2, 0) is 6.54 Å². The summed E-state index contributed by atoms with van der Waals surface area (Å²) in [5.41, 5.74) is 8.37. The quantitative estimate of drug-likeness (QED) is 0.556.